The number of aromatic amines is 1. The molecule has 696 valence electrons. The summed E-state index contributed by atoms with van der Waals surface area (Å²) in [5.41, 5.74) is 10.9. The Morgan fingerprint density at radius 2 is 0.677 bits per heavy atom. The average Bonchev–Trinajstić information content (AvgIpc) is 1.64. The first-order valence-corrected chi connectivity index (χ1v) is 45.5. The van der Waals surface area contributed by atoms with Crippen molar-refractivity contribution >= 4 is 176 Å². The van der Waals surface area contributed by atoms with Crippen molar-refractivity contribution in [2.24, 2.45) is 0 Å². The van der Waals surface area contributed by atoms with E-state index in [-0.39, 0.29) is 81.4 Å². The molecule has 0 radical (unpaired) electrons. The molecule has 0 aliphatic carbocycles. The highest BCUT2D eigenvalue weighted by Crippen LogP contribution is 2.34. The van der Waals surface area contributed by atoms with Gasteiger partial charge in [0.1, 0.15) is 11.2 Å². The zero-order valence-electron chi connectivity index (χ0n) is 71.8. The molecule has 4 aromatic carbocycles. The third-order valence-corrected chi connectivity index (χ3v) is 25.7. The Hall–Kier alpha value is -10.8. The molecule has 8 aromatic heterocycles. The van der Waals surface area contributed by atoms with Gasteiger partial charge in [0.15, 0.2) is 16.9 Å². The number of benzene rings is 4. The fourth-order valence-electron chi connectivity index (χ4n) is 15.4. The van der Waals surface area contributed by atoms with E-state index in [9.17, 15) is 37.8 Å². The number of piperazine rings is 4. The predicted molar refractivity (Wildman–Crippen MR) is 527 cm³/mol. The lowest BCUT2D eigenvalue weighted by atomic mass is 10.1. The summed E-state index contributed by atoms with van der Waals surface area (Å²) in [6.07, 6.45) is 7.65. The van der Waals surface area contributed by atoms with Gasteiger partial charge < -0.3 is 41.4 Å². The molecule has 0 saturated carbocycles. The lowest BCUT2D eigenvalue weighted by Crippen LogP contribution is -2.48. The zero-order chi connectivity index (χ0) is 89.8. The molecular weight excluding hydrogens is 1780 g/mol. The minimum absolute atomic E-state index is 0. The Morgan fingerprint density at radius 1 is 0.392 bits per heavy atom. The van der Waals surface area contributed by atoms with Gasteiger partial charge in [-0.1, -0.05) is 123 Å². The molecule has 0 bridgehead atoms. The van der Waals surface area contributed by atoms with Crippen LogP contribution in [0.1, 0.15) is 119 Å². The monoisotopic (exact) mass is 1890 g/mol. The molecule has 38 heteroatoms. The van der Waals surface area contributed by atoms with Crippen molar-refractivity contribution in [2.45, 2.75) is 111 Å². The summed E-state index contributed by atoms with van der Waals surface area (Å²) in [5, 5.41) is 37.7. The Kier molecular flexibility index (Phi) is 36.7. The minimum Gasteiger partial charge on any atom is -0.345 e. The maximum Gasteiger partial charge on any atom is 0.261 e. The molecule has 32 nitrogen and oxygen atoms in total. The van der Waals surface area contributed by atoms with E-state index in [0.29, 0.717) is 129 Å². The average molecular weight is 1900 g/mol. The molecule has 12 heterocycles. The van der Waals surface area contributed by atoms with Gasteiger partial charge in [-0.15, -0.1) is 0 Å². The van der Waals surface area contributed by atoms with E-state index < -0.39 is 15.6 Å². The summed E-state index contributed by atoms with van der Waals surface area (Å²) in [5.74, 6) is 2.59. The second kappa shape index (κ2) is 46.3. The topological polar surface area (TPSA) is 345 Å². The molecule has 0 spiro atoms. The van der Waals surface area contributed by atoms with Gasteiger partial charge in [-0.05, 0) is 120 Å². The standard InChI is InChI=1S/C23H27ClN6O2.C22H26Cl2N6O2S.C22H24Cl2N6O2.C21H26N6O2.4CH4/c1-15-4-6-18(7-5-15)26-23(32)19-14-25-22-20(21(19)24)16(2)27-30(22)13-10-28-8-11-29(12-9-28)17(3)31;1-15-19-20(24)18(22(31)26-17-6-4-16(23)5-7-17)14-25-21(19)30(27-15)13-10-28-8-11-29(12-9-28)33(2,3)32;1-14-19-20(24)18(22(32)26-17-5-3-16(23)4-6-17)13-25-21(19)30(27-14)12-9-28-7-10-29(11-8-28)15(2)31;1-14-3-5-16(6-4-14)24-21(29)17-13-23-20-18(19(17)28)15(2)25-27(20)12-11-26-9-7-22-8-10-26;;;;/h4-7,14H,8-13H2,1-3H3,(H,26,32);4-7,14H,2,8-13H2,1,3H3,(H,26,31);3-6,13H,7-12H2,1-2H3,(H,26,32);3-6,13,22H,7-12H2,1-2H3,(H,23,28)(H,24,29);4*1H4. The van der Waals surface area contributed by atoms with Crippen LogP contribution >= 0.6 is 58.0 Å². The molecule has 4 saturated heterocycles. The van der Waals surface area contributed by atoms with Crippen LogP contribution in [0.25, 0.3) is 44.1 Å². The first-order valence-electron chi connectivity index (χ1n) is 41.5. The second-order valence-electron chi connectivity index (χ2n) is 31.6. The zero-order valence-corrected chi connectivity index (χ0v) is 76.4. The number of anilines is 4. The molecule has 4 aliphatic rings. The number of aromatic nitrogens is 12. The number of rotatable bonds is 21. The maximum atomic E-state index is 13.0. The number of nitrogens with one attached hydrogen (secondary N) is 6. The van der Waals surface area contributed by atoms with Crippen LogP contribution in [0.4, 0.5) is 22.7 Å². The van der Waals surface area contributed by atoms with Gasteiger partial charge in [-0.2, -0.15) is 20.4 Å². The van der Waals surface area contributed by atoms with Crippen LogP contribution in [0, 0.1) is 41.5 Å². The van der Waals surface area contributed by atoms with Crippen LogP contribution in [0.2, 0.25) is 25.1 Å². The van der Waals surface area contributed by atoms with Gasteiger partial charge in [-0.25, -0.2) is 38.0 Å². The van der Waals surface area contributed by atoms with E-state index in [0.717, 1.165) is 159 Å². The Labute approximate surface area is 784 Å². The SMILES string of the molecule is C.C.C.C.C=S(C)(=O)N1CCN(CCn2nc(C)c3c(Cl)c(C(=O)Nc4ccc(Cl)cc4)cnc32)CC1.CC(=O)N1CCN(CCn2nc(C)c3c(Cl)c(C(=O)Nc4ccc(C)cc4)cnc32)CC1.CC(=O)N1CCN(CCn2nc(C)c3c(Cl)c(C(=O)Nc4ccc(Cl)cc4)cnc32)CC1.Cc1ccc(NC(=O)c2c[nH]c3c(c(C)nn3CCN3CCNCC3)c2=O)cc1. The van der Waals surface area contributed by atoms with Crippen molar-refractivity contribution in [1.29, 1.82) is 0 Å². The van der Waals surface area contributed by atoms with Gasteiger partial charge in [0, 0.05) is 218 Å². The first kappa shape index (κ1) is 103. The van der Waals surface area contributed by atoms with Gasteiger partial charge in [0.25, 0.3) is 23.6 Å². The van der Waals surface area contributed by atoms with E-state index in [1.165, 1.54) is 24.8 Å². The lowest BCUT2D eigenvalue weighted by Gasteiger charge is -2.35. The summed E-state index contributed by atoms with van der Waals surface area (Å²) in [4.78, 5) is 117. The number of aryl methyl sites for hydroxylation is 6. The van der Waals surface area contributed by atoms with Crippen LogP contribution < -0.4 is 32.0 Å². The van der Waals surface area contributed by atoms with Gasteiger partial charge in [-0.3, -0.25) is 57.4 Å². The van der Waals surface area contributed by atoms with Gasteiger partial charge in [0.2, 0.25) is 17.2 Å². The van der Waals surface area contributed by atoms with Crippen molar-refractivity contribution in [1.82, 2.24) is 98.1 Å². The van der Waals surface area contributed by atoms with E-state index >= 15 is 0 Å². The summed E-state index contributed by atoms with van der Waals surface area (Å²) < 4.78 is 21.4. The number of carbonyl (C=O) groups is 6. The summed E-state index contributed by atoms with van der Waals surface area (Å²) in [6.45, 7) is 33.9. The number of fused-ring (bicyclic) bond motifs is 4. The van der Waals surface area contributed by atoms with E-state index in [2.05, 4.69) is 92.4 Å². The molecule has 130 heavy (non-hydrogen) atoms. The summed E-state index contributed by atoms with van der Waals surface area (Å²) in [6, 6.07) is 28.7. The predicted octanol–water partition coefficient (Wildman–Crippen LogP) is 13.8. The molecule has 6 N–H and O–H groups in total. The number of pyridine rings is 4. The van der Waals surface area contributed by atoms with Crippen molar-refractivity contribution < 1.29 is 33.0 Å². The van der Waals surface area contributed by atoms with Crippen molar-refractivity contribution in [3.8, 4) is 0 Å². The molecular formula is C92H119Cl5N24O8S. The number of H-pyrrole nitrogens is 1. The molecule has 4 fully saturated rings. The first-order chi connectivity index (χ1) is 60.3. The van der Waals surface area contributed by atoms with Crippen LogP contribution in [-0.4, -0.2) is 275 Å². The maximum absolute atomic E-state index is 13.0. The van der Waals surface area contributed by atoms with E-state index in [1.807, 2.05) is 116 Å². The number of hydrogen-bond donors (Lipinski definition) is 6. The van der Waals surface area contributed by atoms with Crippen LogP contribution in [0.5, 0.6) is 0 Å². The second-order valence-corrected chi connectivity index (χ2v) is 36.1. The van der Waals surface area contributed by atoms with Crippen molar-refractivity contribution in [3.63, 3.8) is 0 Å². The molecule has 12 aromatic rings. The molecule has 6 amide bonds. The Balaban J connectivity index is 0.000000194. The van der Waals surface area contributed by atoms with Gasteiger partial charge in [0.05, 0.1) is 102 Å². The molecule has 16 rings (SSSR count). The van der Waals surface area contributed by atoms with Crippen molar-refractivity contribution in [2.75, 3.05) is 158 Å². The highest BCUT2D eigenvalue weighted by atomic mass is 35.5. The van der Waals surface area contributed by atoms with Crippen LogP contribution in [0.3, 0.4) is 0 Å². The summed E-state index contributed by atoms with van der Waals surface area (Å²) in [7, 11) is -2.15. The molecule has 1 unspecified atom stereocenters. The third kappa shape index (κ3) is 25.5. The summed E-state index contributed by atoms with van der Waals surface area (Å²) >= 11 is 31.7. The normalized spacial score (nSPS) is 14.9. The van der Waals surface area contributed by atoms with Crippen LogP contribution in [-0.2, 0) is 45.5 Å². The van der Waals surface area contributed by atoms with Crippen LogP contribution in [0.15, 0.2) is 127 Å². The van der Waals surface area contributed by atoms with Crippen molar-refractivity contribution in [3.05, 3.63) is 213 Å². The largest absolute Gasteiger partial charge is 0.345 e. The minimum atomic E-state index is -2.15. The number of nitrogens with zero attached hydrogens (tertiary/aromatic N) is 18. The Morgan fingerprint density at radius 3 is 1.00 bits per heavy atom. The molecule has 1 atom stereocenters. The quantitative estimate of drug-likeness (QED) is 0.0364. The highest BCUT2D eigenvalue weighted by molar-refractivity contribution is 7.97. The van der Waals surface area contributed by atoms with E-state index in [1.54, 1.807) is 75.6 Å². The van der Waals surface area contributed by atoms with Gasteiger partial charge >= 0.3 is 0 Å². The number of amides is 6. The molecule has 4 aliphatic heterocycles. The fourth-order valence-corrected chi connectivity index (χ4v) is 17.6. The fraction of sp³-hybridized carbons (Fsp3) is 0.402. The smallest absolute Gasteiger partial charge is 0.261 e. The Bertz CT molecular complexity index is 5970. The third-order valence-electron chi connectivity index (χ3n) is 22.6. The lowest BCUT2D eigenvalue weighted by molar-refractivity contribution is -0.131. The van der Waals surface area contributed by atoms with E-state index in [4.69, 9.17) is 58.0 Å². The number of carbonyl (C=O) groups excluding carboxylic acids is 6. The number of halogens is 5. The highest BCUT2D eigenvalue weighted by Gasteiger charge is 2.29. The number of hydrogen-bond acceptors (Lipinski definition) is 20.